The Labute approximate surface area is 94.0 Å². The minimum Gasteiger partial charge on any atom is -0.324 e. The zero-order valence-corrected chi connectivity index (χ0v) is 9.56. The van der Waals surface area contributed by atoms with Crippen LogP contribution in [-0.2, 0) is 0 Å². The molecule has 1 N–H and O–H groups in total. The monoisotopic (exact) mass is 224 g/mol. The van der Waals surface area contributed by atoms with E-state index in [0.29, 0.717) is 11.7 Å². The van der Waals surface area contributed by atoms with Crippen molar-refractivity contribution in [1.82, 2.24) is 15.0 Å². The van der Waals surface area contributed by atoms with E-state index in [4.69, 9.17) is 4.52 Å². The van der Waals surface area contributed by atoms with Crippen molar-refractivity contribution in [3.8, 4) is 0 Å². The average Bonchev–Trinajstić information content (AvgIpc) is 2.65. The van der Waals surface area contributed by atoms with Gasteiger partial charge in [-0.2, -0.15) is 4.98 Å². The van der Waals surface area contributed by atoms with Crippen LogP contribution in [0.4, 0.5) is 10.8 Å². The molecule has 0 radical (unpaired) electrons. The molecule has 0 bridgehead atoms. The first-order valence-electron chi connectivity index (χ1n) is 5.51. The molecule has 0 aromatic carbocycles. The SMILES string of the molecule is Cc1noc(NC(=O)N2CCC(C)CC2)n1. The molecule has 1 aliphatic heterocycles. The number of carbonyl (C=O) groups is 1. The van der Waals surface area contributed by atoms with E-state index in [-0.39, 0.29) is 12.0 Å². The Hall–Kier alpha value is -1.59. The summed E-state index contributed by atoms with van der Waals surface area (Å²) in [5, 5.41) is 6.20. The van der Waals surface area contributed by atoms with Crippen LogP contribution in [0, 0.1) is 12.8 Å². The van der Waals surface area contributed by atoms with Crippen molar-refractivity contribution >= 4 is 12.0 Å². The van der Waals surface area contributed by atoms with Crippen LogP contribution in [0.25, 0.3) is 0 Å². The number of aromatic nitrogens is 2. The number of amides is 2. The lowest BCUT2D eigenvalue weighted by Gasteiger charge is -2.29. The predicted octanol–water partition coefficient (Wildman–Crippen LogP) is 1.64. The summed E-state index contributed by atoms with van der Waals surface area (Å²) in [5.41, 5.74) is 0. The Balaban J connectivity index is 1.88. The van der Waals surface area contributed by atoms with Crippen molar-refractivity contribution in [3.63, 3.8) is 0 Å². The summed E-state index contributed by atoms with van der Waals surface area (Å²) in [5.74, 6) is 1.22. The zero-order chi connectivity index (χ0) is 11.5. The van der Waals surface area contributed by atoms with Gasteiger partial charge in [0.1, 0.15) is 0 Å². The van der Waals surface area contributed by atoms with E-state index in [0.717, 1.165) is 25.9 Å². The van der Waals surface area contributed by atoms with Crippen LogP contribution in [0.3, 0.4) is 0 Å². The second-order valence-electron chi connectivity index (χ2n) is 4.25. The number of aryl methyl sites for hydroxylation is 1. The van der Waals surface area contributed by atoms with Gasteiger partial charge in [0.05, 0.1) is 0 Å². The zero-order valence-electron chi connectivity index (χ0n) is 9.56. The average molecular weight is 224 g/mol. The van der Waals surface area contributed by atoms with Crippen LogP contribution in [0.5, 0.6) is 0 Å². The predicted molar refractivity (Wildman–Crippen MR) is 58.0 cm³/mol. The molecule has 1 aromatic rings. The number of carbonyl (C=O) groups excluding carboxylic acids is 1. The molecule has 2 heterocycles. The molecule has 16 heavy (non-hydrogen) atoms. The highest BCUT2D eigenvalue weighted by Crippen LogP contribution is 2.16. The standard InChI is InChI=1S/C10H16N4O2/c1-7-3-5-14(6-4-7)10(15)12-9-11-8(2)13-16-9/h7H,3-6H2,1-2H3,(H,11,12,13,15). The van der Waals surface area contributed by atoms with Gasteiger partial charge in [-0.15, -0.1) is 0 Å². The van der Waals surface area contributed by atoms with E-state index in [1.165, 1.54) is 0 Å². The molecule has 0 atom stereocenters. The smallest absolute Gasteiger partial charge is 0.324 e. The number of nitrogens with one attached hydrogen (secondary N) is 1. The van der Waals surface area contributed by atoms with Gasteiger partial charge in [-0.1, -0.05) is 12.1 Å². The lowest BCUT2D eigenvalue weighted by molar-refractivity contribution is 0.185. The Morgan fingerprint density at radius 2 is 2.19 bits per heavy atom. The van der Waals surface area contributed by atoms with Crippen LogP contribution in [0.1, 0.15) is 25.6 Å². The number of rotatable bonds is 1. The van der Waals surface area contributed by atoms with Gasteiger partial charge in [0.2, 0.25) is 0 Å². The van der Waals surface area contributed by atoms with E-state index in [2.05, 4.69) is 22.4 Å². The lowest BCUT2D eigenvalue weighted by atomic mass is 10.00. The second kappa shape index (κ2) is 4.51. The van der Waals surface area contributed by atoms with Crippen molar-refractivity contribution in [3.05, 3.63) is 5.82 Å². The molecule has 2 amide bonds. The molecule has 1 aromatic heterocycles. The van der Waals surface area contributed by atoms with Gasteiger partial charge < -0.3 is 9.42 Å². The first-order valence-corrected chi connectivity index (χ1v) is 5.51. The third kappa shape index (κ3) is 2.50. The maximum atomic E-state index is 11.8. The van der Waals surface area contributed by atoms with Gasteiger partial charge in [-0.25, -0.2) is 4.79 Å². The quantitative estimate of drug-likeness (QED) is 0.787. The largest absolute Gasteiger partial charge is 0.329 e. The van der Waals surface area contributed by atoms with Crippen LogP contribution >= 0.6 is 0 Å². The Kier molecular flexibility index (Phi) is 3.07. The molecule has 0 spiro atoms. The fourth-order valence-electron chi connectivity index (χ4n) is 1.73. The van der Waals surface area contributed by atoms with E-state index in [1.54, 1.807) is 11.8 Å². The number of likely N-dealkylation sites (tertiary alicyclic amines) is 1. The molecule has 1 saturated heterocycles. The van der Waals surface area contributed by atoms with Crippen molar-refractivity contribution in [2.45, 2.75) is 26.7 Å². The van der Waals surface area contributed by atoms with Crippen molar-refractivity contribution < 1.29 is 9.32 Å². The molecule has 1 aliphatic rings. The maximum absolute atomic E-state index is 11.8. The first-order chi connectivity index (χ1) is 7.65. The highest BCUT2D eigenvalue weighted by molar-refractivity contribution is 5.87. The summed E-state index contributed by atoms with van der Waals surface area (Å²) < 4.78 is 4.83. The van der Waals surface area contributed by atoms with Crippen molar-refractivity contribution in [2.75, 3.05) is 18.4 Å². The number of urea groups is 1. The van der Waals surface area contributed by atoms with Crippen LogP contribution in [-0.4, -0.2) is 34.2 Å². The number of hydrogen-bond donors (Lipinski definition) is 1. The lowest BCUT2D eigenvalue weighted by Crippen LogP contribution is -2.40. The fourth-order valence-corrected chi connectivity index (χ4v) is 1.73. The molecular formula is C10H16N4O2. The molecule has 1 fully saturated rings. The topological polar surface area (TPSA) is 71.3 Å². The molecule has 0 unspecified atom stereocenters. The highest BCUT2D eigenvalue weighted by Gasteiger charge is 2.21. The summed E-state index contributed by atoms with van der Waals surface area (Å²) in [6.07, 6.45) is 2.10. The highest BCUT2D eigenvalue weighted by atomic mass is 16.5. The van der Waals surface area contributed by atoms with Gasteiger partial charge in [0.25, 0.3) is 0 Å². The van der Waals surface area contributed by atoms with E-state index in [9.17, 15) is 4.79 Å². The third-order valence-corrected chi connectivity index (χ3v) is 2.81. The summed E-state index contributed by atoms with van der Waals surface area (Å²) in [6.45, 7) is 5.50. The second-order valence-corrected chi connectivity index (χ2v) is 4.25. The van der Waals surface area contributed by atoms with Gasteiger partial charge >= 0.3 is 12.0 Å². The molecule has 0 saturated carbocycles. The minimum atomic E-state index is -0.157. The van der Waals surface area contributed by atoms with Crippen LogP contribution < -0.4 is 5.32 Å². The molecule has 2 rings (SSSR count). The molecule has 88 valence electrons. The number of piperidine rings is 1. The van der Waals surface area contributed by atoms with E-state index in [1.807, 2.05) is 0 Å². The molecule has 6 heteroatoms. The van der Waals surface area contributed by atoms with Crippen molar-refractivity contribution in [1.29, 1.82) is 0 Å². The number of hydrogen-bond acceptors (Lipinski definition) is 4. The van der Waals surface area contributed by atoms with Crippen LogP contribution in [0.15, 0.2) is 4.52 Å². The summed E-state index contributed by atoms with van der Waals surface area (Å²) in [6, 6.07) is 0.0108. The van der Waals surface area contributed by atoms with E-state index < -0.39 is 0 Å². The molecular weight excluding hydrogens is 208 g/mol. The Bertz CT molecular complexity index is 369. The third-order valence-electron chi connectivity index (χ3n) is 2.81. The fraction of sp³-hybridized carbons (Fsp3) is 0.700. The Morgan fingerprint density at radius 3 is 2.75 bits per heavy atom. The Morgan fingerprint density at radius 1 is 1.50 bits per heavy atom. The normalized spacial score (nSPS) is 17.5. The van der Waals surface area contributed by atoms with Crippen molar-refractivity contribution in [2.24, 2.45) is 5.92 Å². The summed E-state index contributed by atoms with van der Waals surface area (Å²) >= 11 is 0. The van der Waals surface area contributed by atoms with Crippen LogP contribution in [0.2, 0.25) is 0 Å². The minimum absolute atomic E-state index is 0.157. The maximum Gasteiger partial charge on any atom is 0.329 e. The first kappa shape index (κ1) is 10.9. The van der Waals surface area contributed by atoms with Gasteiger partial charge in [-0.05, 0) is 25.7 Å². The molecule has 0 aliphatic carbocycles. The van der Waals surface area contributed by atoms with Gasteiger partial charge in [0.15, 0.2) is 5.82 Å². The summed E-state index contributed by atoms with van der Waals surface area (Å²) in [7, 11) is 0. The van der Waals surface area contributed by atoms with E-state index >= 15 is 0 Å². The van der Waals surface area contributed by atoms with Gasteiger partial charge in [0, 0.05) is 13.1 Å². The summed E-state index contributed by atoms with van der Waals surface area (Å²) in [4.78, 5) is 17.5. The number of anilines is 1. The number of nitrogens with zero attached hydrogens (tertiary/aromatic N) is 3. The van der Waals surface area contributed by atoms with Gasteiger partial charge in [-0.3, -0.25) is 5.32 Å². The molecule has 6 nitrogen and oxygen atoms in total.